The van der Waals surface area contributed by atoms with Gasteiger partial charge in [-0.3, -0.25) is 4.55 Å². The van der Waals surface area contributed by atoms with Crippen LogP contribution in [0.4, 0.5) is 0 Å². The summed E-state index contributed by atoms with van der Waals surface area (Å²) in [6.45, 7) is 4.31. The van der Waals surface area contributed by atoms with Crippen LogP contribution in [0.25, 0.3) is 0 Å². The van der Waals surface area contributed by atoms with E-state index in [9.17, 15) is 18.1 Å². The molecule has 158 valence electrons. The summed E-state index contributed by atoms with van der Waals surface area (Å²) in [5, 5.41) is 9.10. The average molecular weight is 393 g/mol. The standard InChI is InChI=1S/C21H44O4S/c1-3-5-7-8-9-10-11-12-13-14-15-17-19-21(26(23,24)25)20(22)18-16-6-4-2/h20-22H,3-19H2,1-2H3,(H,23,24,25). The molecule has 0 aromatic heterocycles. The van der Waals surface area contributed by atoms with Gasteiger partial charge in [0, 0.05) is 0 Å². The molecule has 0 aliphatic carbocycles. The topological polar surface area (TPSA) is 74.6 Å². The number of aliphatic hydroxyl groups excluding tert-OH is 1. The molecule has 0 saturated heterocycles. The summed E-state index contributed by atoms with van der Waals surface area (Å²) in [5.74, 6) is 0. The van der Waals surface area contributed by atoms with Gasteiger partial charge in [0.25, 0.3) is 10.1 Å². The highest BCUT2D eigenvalue weighted by molar-refractivity contribution is 7.86. The molecule has 2 N–H and O–H groups in total. The molecule has 4 nitrogen and oxygen atoms in total. The second kappa shape index (κ2) is 17.0. The first-order chi connectivity index (χ1) is 12.4. The molecule has 2 atom stereocenters. The molecule has 0 heterocycles. The number of rotatable bonds is 19. The molecular formula is C21H44O4S. The summed E-state index contributed by atoms with van der Waals surface area (Å²) in [4.78, 5) is 0. The third-order valence-corrected chi connectivity index (χ3v) is 6.57. The SMILES string of the molecule is CCCCCCCCCCCCCCC(C(O)CCCCC)S(=O)(=O)O. The first kappa shape index (κ1) is 25.9. The first-order valence-corrected chi connectivity index (χ1v) is 12.6. The van der Waals surface area contributed by atoms with E-state index < -0.39 is 21.5 Å². The van der Waals surface area contributed by atoms with Crippen LogP contribution in [-0.4, -0.2) is 29.4 Å². The largest absolute Gasteiger partial charge is 0.392 e. The van der Waals surface area contributed by atoms with Gasteiger partial charge in [-0.25, -0.2) is 0 Å². The highest BCUT2D eigenvalue weighted by Gasteiger charge is 2.29. The van der Waals surface area contributed by atoms with E-state index in [1.807, 2.05) is 0 Å². The number of aliphatic hydroxyl groups is 1. The van der Waals surface area contributed by atoms with Crippen molar-refractivity contribution in [3.05, 3.63) is 0 Å². The fourth-order valence-electron chi connectivity index (χ4n) is 3.52. The Labute approximate surface area is 162 Å². The Morgan fingerprint density at radius 2 is 0.962 bits per heavy atom. The number of hydrogen-bond acceptors (Lipinski definition) is 3. The van der Waals surface area contributed by atoms with Crippen LogP contribution in [-0.2, 0) is 10.1 Å². The first-order valence-electron chi connectivity index (χ1n) is 11.1. The van der Waals surface area contributed by atoms with Crippen molar-refractivity contribution >= 4 is 10.1 Å². The highest BCUT2D eigenvalue weighted by Crippen LogP contribution is 2.20. The minimum absolute atomic E-state index is 0.365. The normalized spacial score (nSPS) is 14.5. The van der Waals surface area contributed by atoms with Crippen LogP contribution in [0.5, 0.6) is 0 Å². The number of hydrogen-bond donors (Lipinski definition) is 2. The van der Waals surface area contributed by atoms with Crippen molar-refractivity contribution in [2.24, 2.45) is 0 Å². The van der Waals surface area contributed by atoms with Crippen LogP contribution in [0.15, 0.2) is 0 Å². The molecule has 0 radical (unpaired) electrons. The highest BCUT2D eigenvalue weighted by atomic mass is 32.2. The van der Waals surface area contributed by atoms with E-state index in [1.54, 1.807) is 0 Å². The monoisotopic (exact) mass is 392 g/mol. The fraction of sp³-hybridized carbons (Fsp3) is 1.00. The fourth-order valence-corrected chi connectivity index (χ4v) is 4.51. The maximum absolute atomic E-state index is 11.5. The molecule has 0 aliphatic rings. The summed E-state index contributed by atoms with van der Waals surface area (Å²) < 4.78 is 32.5. The zero-order chi connectivity index (χ0) is 19.7. The lowest BCUT2D eigenvalue weighted by Crippen LogP contribution is -2.33. The zero-order valence-corrected chi connectivity index (χ0v) is 18.1. The smallest absolute Gasteiger partial charge is 0.270 e. The lowest BCUT2D eigenvalue weighted by atomic mass is 10.0. The van der Waals surface area contributed by atoms with Crippen molar-refractivity contribution < 1.29 is 18.1 Å². The van der Waals surface area contributed by atoms with Crippen molar-refractivity contribution in [3.8, 4) is 0 Å². The number of unbranched alkanes of at least 4 members (excludes halogenated alkanes) is 13. The molecule has 0 amide bonds. The Kier molecular flexibility index (Phi) is 16.9. The van der Waals surface area contributed by atoms with Gasteiger partial charge >= 0.3 is 0 Å². The molecule has 0 aliphatic heterocycles. The van der Waals surface area contributed by atoms with E-state index in [-0.39, 0.29) is 0 Å². The van der Waals surface area contributed by atoms with E-state index in [0.717, 1.165) is 38.5 Å². The van der Waals surface area contributed by atoms with Gasteiger partial charge in [0.1, 0.15) is 5.25 Å². The van der Waals surface area contributed by atoms with Gasteiger partial charge < -0.3 is 5.11 Å². The molecule has 0 aromatic carbocycles. The van der Waals surface area contributed by atoms with Crippen molar-refractivity contribution in [2.75, 3.05) is 0 Å². The van der Waals surface area contributed by atoms with Crippen molar-refractivity contribution in [2.45, 2.75) is 134 Å². The van der Waals surface area contributed by atoms with Crippen LogP contribution >= 0.6 is 0 Å². The maximum Gasteiger partial charge on any atom is 0.270 e. The van der Waals surface area contributed by atoms with Crippen molar-refractivity contribution in [1.82, 2.24) is 0 Å². The van der Waals surface area contributed by atoms with Gasteiger partial charge in [-0.15, -0.1) is 0 Å². The Hall–Kier alpha value is -0.130. The minimum atomic E-state index is -4.17. The Balaban J connectivity index is 3.73. The molecular weight excluding hydrogens is 348 g/mol. The van der Waals surface area contributed by atoms with E-state index in [1.165, 1.54) is 57.8 Å². The third-order valence-electron chi connectivity index (χ3n) is 5.26. The van der Waals surface area contributed by atoms with Crippen LogP contribution in [0.3, 0.4) is 0 Å². The predicted molar refractivity (Wildman–Crippen MR) is 111 cm³/mol. The molecule has 0 spiro atoms. The molecule has 2 unspecified atom stereocenters. The van der Waals surface area contributed by atoms with Gasteiger partial charge in [0.05, 0.1) is 6.10 Å². The van der Waals surface area contributed by atoms with Crippen molar-refractivity contribution in [1.29, 1.82) is 0 Å². The van der Waals surface area contributed by atoms with Crippen LogP contribution < -0.4 is 0 Å². The van der Waals surface area contributed by atoms with Gasteiger partial charge in [0.15, 0.2) is 0 Å². The summed E-state index contributed by atoms with van der Waals surface area (Å²) >= 11 is 0. The Bertz CT molecular complexity index is 395. The third kappa shape index (κ3) is 15.0. The zero-order valence-electron chi connectivity index (χ0n) is 17.3. The summed E-state index contributed by atoms with van der Waals surface area (Å²) in [6.07, 6.45) is 17.4. The van der Waals surface area contributed by atoms with Gasteiger partial charge in [-0.05, 0) is 12.8 Å². The minimum Gasteiger partial charge on any atom is -0.392 e. The molecule has 0 saturated carbocycles. The lowest BCUT2D eigenvalue weighted by molar-refractivity contribution is 0.146. The van der Waals surface area contributed by atoms with Gasteiger partial charge in [-0.1, -0.05) is 110 Å². The van der Waals surface area contributed by atoms with Gasteiger partial charge in [0.2, 0.25) is 0 Å². The van der Waals surface area contributed by atoms with E-state index in [0.29, 0.717) is 12.8 Å². The molecule has 26 heavy (non-hydrogen) atoms. The summed E-state index contributed by atoms with van der Waals surface area (Å²) in [7, 11) is -4.17. The van der Waals surface area contributed by atoms with Gasteiger partial charge in [-0.2, -0.15) is 8.42 Å². The molecule has 0 aromatic rings. The molecule has 0 rings (SSSR count). The second-order valence-corrected chi connectivity index (χ2v) is 9.43. The Morgan fingerprint density at radius 1 is 0.615 bits per heavy atom. The lowest BCUT2D eigenvalue weighted by Gasteiger charge is -2.20. The van der Waals surface area contributed by atoms with Crippen LogP contribution in [0, 0.1) is 0 Å². The van der Waals surface area contributed by atoms with E-state index in [2.05, 4.69) is 13.8 Å². The van der Waals surface area contributed by atoms with Crippen molar-refractivity contribution in [3.63, 3.8) is 0 Å². The van der Waals surface area contributed by atoms with E-state index >= 15 is 0 Å². The molecule has 5 heteroatoms. The Morgan fingerprint density at radius 3 is 1.38 bits per heavy atom. The van der Waals surface area contributed by atoms with E-state index in [4.69, 9.17) is 0 Å². The van der Waals surface area contributed by atoms with Crippen LogP contribution in [0.2, 0.25) is 0 Å². The van der Waals surface area contributed by atoms with Crippen LogP contribution in [0.1, 0.15) is 123 Å². The predicted octanol–water partition coefficient (Wildman–Crippen LogP) is 6.28. The summed E-state index contributed by atoms with van der Waals surface area (Å²) in [6, 6.07) is 0. The second-order valence-electron chi connectivity index (χ2n) is 7.79. The summed E-state index contributed by atoms with van der Waals surface area (Å²) in [5.41, 5.74) is 0. The molecule has 0 fully saturated rings. The quantitative estimate of drug-likeness (QED) is 0.200. The molecule has 0 bridgehead atoms. The maximum atomic E-state index is 11.5. The average Bonchev–Trinajstić information content (AvgIpc) is 2.58.